The van der Waals surface area contributed by atoms with Crippen molar-refractivity contribution in [3.63, 3.8) is 0 Å². The molecular formula is C11H11N3O3. The Bertz CT molecular complexity index is 589. The van der Waals surface area contributed by atoms with Gasteiger partial charge < -0.3 is 14.8 Å². The molecule has 2 heterocycles. The van der Waals surface area contributed by atoms with Crippen LogP contribution >= 0.6 is 0 Å². The van der Waals surface area contributed by atoms with Gasteiger partial charge in [-0.15, -0.1) is 0 Å². The molecule has 0 unspecified atom stereocenters. The van der Waals surface area contributed by atoms with E-state index in [1.54, 1.807) is 16.7 Å². The smallest absolute Gasteiger partial charge is 0.337 e. The number of aromatic nitrogens is 2. The molecule has 6 heteroatoms. The Labute approximate surface area is 96.9 Å². The van der Waals surface area contributed by atoms with Crippen molar-refractivity contribution in [1.82, 2.24) is 14.7 Å². The number of nitrogens with zero attached hydrogens (tertiary/aromatic N) is 2. The minimum atomic E-state index is -0.982. The zero-order chi connectivity index (χ0) is 12.4. The molecule has 2 aromatic rings. The van der Waals surface area contributed by atoms with Gasteiger partial charge in [-0.05, 0) is 12.1 Å². The minimum absolute atomic E-state index is 0.131. The highest BCUT2D eigenvalue weighted by Crippen LogP contribution is 2.07. The molecule has 0 aliphatic rings. The first-order valence-corrected chi connectivity index (χ1v) is 5.01. The van der Waals surface area contributed by atoms with Gasteiger partial charge in [0.05, 0.1) is 17.8 Å². The number of fused-ring (bicyclic) bond motifs is 1. The van der Waals surface area contributed by atoms with Crippen molar-refractivity contribution < 1.29 is 14.7 Å². The molecule has 2 N–H and O–H groups in total. The lowest BCUT2D eigenvalue weighted by molar-refractivity contribution is -0.119. The molecule has 0 fully saturated rings. The van der Waals surface area contributed by atoms with Gasteiger partial charge in [-0.3, -0.25) is 4.79 Å². The molecule has 0 atom stereocenters. The van der Waals surface area contributed by atoms with Crippen molar-refractivity contribution in [1.29, 1.82) is 0 Å². The Morgan fingerprint density at radius 1 is 1.41 bits per heavy atom. The van der Waals surface area contributed by atoms with E-state index in [4.69, 9.17) is 5.11 Å². The van der Waals surface area contributed by atoms with Crippen LogP contribution in [0.4, 0.5) is 0 Å². The van der Waals surface area contributed by atoms with Crippen molar-refractivity contribution in [3.05, 3.63) is 35.8 Å². The van der Waals surface area contributed by atoms with Gasteiger partial charge in [0, 0.05) is 19.3 Å². The van der Waals surface area contributed by atoms with Crippen LogP contribution in [-0.4, -0.2) is 26.4 Å². The number of hydrogen-bond acceptors (Lipinski definition) is 3. The first-order chi connectivity index (χ1) is 8.06. The van der Waals surface area contributed by atoms with E-state index >= 15 is 0 Å². The average molecular weight is 233 g/mol. The van der Waals surface area contributed by atoms with Crippen LogP contribution < -0.4 is 5.32 Å². The highest BCUT2D eigenvalue weighted by atomic mass is 16.4. The van der Waals surface area contributed by atoms with Gasteiger partial charge in [0.1, 0.15) is 5.65 Å². The van der Waals surface area contributed by atoms with E-state index in [9.17, 15) is 9.59 Å². The molecule has 0 aliphatic heterocycles. The molecule has 0 aromatic carbocycles. The van der Waals surface area contributed by atoms with Gasteiger partial charge in [0.2, 0.25) is 5.91 Å². The second kappa shape index (κ2) is 4.25. The summed E-state index contributed by atoms with van der Waals surface area (Å²) in [5.41, 5.74) is 1.53. The molecular weight excluding hydrogens is 222 g/mol. The number of carboxylic acids is 1. The van der Waals surface area contributed by atoms with Gasteiger partial charge in [-0.25, -0.2) is 9.78 Å². The van der Waals surface area contributed by atoms with E-state index < -0.39 is 5.97 Å². The third-order valence-electron chi connectivity index (χ3n) is 2.27. The summed E-state index contributed by atoms with van der Waals surface area (Å²) in [6, 6.07) is 3.12. The fourth-order valence-electron chi connectivity index (χ4n) is 1.47. The number of carbonyl (C=O) groups is 2. The van der Waals surface area contributed by atoms with Gasteiger partial charge in [-0.1, -0.05) is 0 Å². The largest absolute Gasteiger partial charge is 0.478 e. The van der Waals surface area contributed by atoms with E-state index in [1.165, 1.54) is 19.2 Å². The summed E-state index contributed by atoms with van der Waals surface area (Å²) in [6.07, 6.45) is 3.18. The number of carbonyl (C=O) groups excluding carboxylic acids is 1. The lowest BCUT2D eigenvalue weighted by Gasteiger charge is -1.95. The van der Waals surface area contributed by atoms with Crippen LogP contribution in [0.1, 0.15) is 23.0 Å². The summed E-state index contributed by atoms with van der Waals surface area (Å²) < 4.78 is 1.63. The average Bonchev–Trinajstić information content (AvgIpc) is 2.67. The van der Waals surface area contributed by atoms with Crippen LogP contribution in [-0.2, 0) is 11.3 Å². The predicted molar refractivity (Wildman–Crippen MR) is 59.7 cm³/mol. The van der Waals surface area contributed by atoms with Crippen molar-refractivity contribution in [2.75, 3.05) is 0 Å². The molecule has 0 spiro atoms. The van der Waals surface area contributed by atoms with E-state index in [0.29, 0.717) is 17.9 Å². The summed E-state index contributed by atoms with van der Waals surface area (Å²) in [4.78, 5) is 25.8. The molecule has 2 rings (SSSR count). The summed E-state index contributed by atoms with van der Waals surface area (Å²) >= 11 is 0. The van der Waals surface area contributed by atoms with Crippen molar-refractivity contribution >= 4 is 17.5 Å². The summed E-state index contributed by atoms with van der Waals surface area (Å²) in [6.45, 7) is 1.76. The number of nitrogens with one attached hydrogen (secondary N) is 1. The normalized spacial score (nSPS) is 10.4. The molecule has 0 radical (unpaired) electrons. The van der Waals surface area contributed by atoms with Crippen LogP contribution in [0.3, 0.4) is 0 Å². The third kappa shape index (κ3) is 2.41. The topological polar surface area (TPSA) is 83.7 Å². The van der Waals surface area contributed by atoms with E-state index in [2.05, 4.69) is 10.3 Å². The first-order valence-electron chi connectivity index (χ1n) is 5.01. The highest BCUT2D eigenvalue weighted by molar-refractivity contribution is 5.87. The molecule has 17 heavy (non-hydrogen) atoms. The number of carboxylic acid groups (broad SMARTS) is 1. The second-order valence-electron chi connectivity index (χ2n) is 3.63. The standard InChI is InChI=1S/C11H11N3O3/c1-7(15)12-4-9-6-14-5-8(11(16)17)2-3-10(14)13-9/h2-3,5-6H,4H2,1H3,(H,12,15)(H,16,17). The predicted octanol–water partition coefficient (Wildman–Crippen LogP) is 0.669. The quantitative estimate of drug-likeness (QED) is 0.816. The maximum absolute atomic E-state index is 10.8. The zero-order valence-electron chi connectivity index (χ0n) is 9.17. The van der Waals surface area contributed by atoms with Crippen LogP contribution in [0.25, 0.3) is 5.65 Å². The fourth-order valence-corrected chi connectivity index (χ4v) is 1.47. The zero-order valence-corrected chi connectivity index (χ0v) is 9.17. The first kappa shape index (κ1) is 11.1. The van der Waals surface area contributed by atoms with E-state index in [-0.39, 0.29) is 11.5 Å². The number of hydrogen-bond donors (Lipinski definition) is 2. The van der Waals surface area contributed by atoms with Gasteiger partial charge >= 0.3 is 5.97 Å². The minimum Gasteiger partial charge on any atom is -0.478 e. The Morgan fingerprint density at radius 2 is 2.18 bits per heavy atom. The summed E-state index contributed by atoms with van der Waals surface area (Å²) in [5, 5.41) is 11.5. The van der Waals surface area contributed by atoms with Gasteiger partial charge in [0.15, 0.2) is 0 Å². The lowest BCUT2D eigenvalue weighted by atomic mass is 10.3. The van der Waals surface area contributed by atoms with E-state index in [0.717, 1.165) is 0 Å². The maximum atomic E-state index is 10.8. The number of imidazole rings is 1. The Kier molecular flexibility index (Phi) is 2.78. The number of amides is 1. The fraction of sp³-hybridized carbons (Fsp3) is 0.182. The number of pyridine rings is 1. The highest BCUT2D eigenvalue weighted by Gasteiger charge is 2.06. The number of aromatic carboxylic acids is 1. The van der Waals surface area contributed by atoms with Crippen molar-refractivity contribution in [2.45, 2.75) is 13.5 Å². The second-order valence-corrected chi connectivity index (χ2v) is 3.63. The monoisotopic (exact) mass is 233 g/mol. The van der Waals surface area contributed by atoms with Gasteiger partial charge in [0.25, 0.3) is 0 Å². The number of rotatable bonds is 3. The molecule has 2 aromatic heterocycles. The van der Waals surface area contributed by atoms with Crippen LogP contribution in [0.15, 0.2) is 24.5 Å². The molecule has 1 amide bonds. The molecule has 0 saturated carbocycles. The SMILES string of the molecule is CC(=O)NCc1cn2cc(C(=O)O)ccc2n1. The van der Waals surface area contributed by atoms with E-state index in [1.807, 2.05) is 0 Å². The van der Waals surface area contributed by atoms with Crippen molar-refractivity contribution in [3.8, 4) is 0 Å². The van der Waals surface area contributed by atoms with Crippen LogP contribution in [0, 0.1) is 0 Å². The lowest BCUT2D eigenvalue weighted by Crippen LogP contribution is -2.18. The Balaban J connectivity index is 2.30. The Hall–Kier alpha value is -2.37. The van der Waals surface area contributed by atoms with Crippen LogP contribution in [0.5, 0.6) is 0 Å². The summed E-state index contributed by atoms with van der Waals surface area (Å²) in [5.74, 6) is -1.11. The van der Waals surface area contributed by atoms with Crippen LogP contribution in [0.2, 0.25) is 0 Å². The Morgan fingerprint density at radius 3 is 2.82 bits per heavy atom. The van der Waals surface area contributed by atoms with Crippen molar-refractivity contribution in [2.24, 2.45) is 0 Å². The molecule has 0 bridgehead atoms. The molecule has 6 nitrogen and oxygen atoms in total. The summed E-state index contributed by atoms with van der Waals surface area (Å²) in [7, 11) is 0. The third-order valence-corrected chi connectivity index (χ3v) is 2.27. The molecule has 88 valence electrons. The van der Waals surface area contributed by atoms with Gasteiger partial charge in [-0.2, -0.15) is 0 Å². The maximum Gasteiger partial charge on any atom is 0.337 e. The molecule has 0 aliphatic carbocycles. The molecule has 0 saturated heterocycles.